The monoisotopic (exact) mass is 345 g/mol. The van der Waals surface area contributed by atoms with E-state index in [1.54, 1.807) is 12.1 Å². The molecule has 0 aliphatic rings. The van der Waals surface area contributed by atoms with Gasteiger partial charge in [0.05, 0.1) is 5.52 Å². The number of pyridine rings is 1. The van der Waals surface area contributed by atoms with Gasteiger partial charge in [0.15, 0.2) is 0 Å². The van der Waals surface area contributed by atoms with Crippen LogP contribution >= 0.6 is 0 Å². The van der Waals surface area contributed by atoms with E-state index in [2.05, 4.69) is 10.3 Å². The number of aromatic nitrogens is 1. The van der Waals surface area contributed by atoms with Crippen molar-refractivity contribution in [1.29, 1.82) is 0 Å². The van der Waals surface area contributed by atoms with Crippen LogP contribution in [0.1, 0.15) is 18.1 Å². The Bertz CT molecular complexity index is 933. The fourth-order valence-electron chi connectivity index (χ4n) is 2.68. The molecule has 0 radical (unpaired) electrons. The molecule has 0 fully saturated rings. The lowest BCUT2D eigenvalue weighted by atomic mass is 10.1. The Morgan fingerprint density at radius 3 is 2.60 bits per heavy atom. The number of halogens is 3. The highest BCUT2D eigenvalue weighted by molar-refractivity contribution is 5.92. The van der Waals surface area contributed by atoms with Gasteiger partial charge in [0.2, 0.25) is 5.92 Å². The summed E-state index contributed by atoms with van der Waals surface area (Å²) in [4.78, 5) is 4.51. The lowest BCUT2D eigenvalue weighted by molar-refractivity contribution is 0.0218. The molecule has 3 rings (SSSR count). The molecule has 1 aromatic heterocycles. The molecule has 0 saturated heterocycles. The zero-order chi connectivity index (χ0) is 18.2. The molecular weight excluding hydrogens is 327 g/mol. The minimum atomic E-state index is -2.95. The van der Waals surface area contributed by atoms with Crippen molar-refractivity contribution >= 4 is 28.1 Å². The van der Waals surface area contributed by atoms with Gasteiger partial charge >= 0.3 is 0 Å². The lowest BCUT2D eigenvalue weighted by Gasteiger charge is -2.14. The normalized spacial score (nSPS) is 11.7. The number of hydrogen-bond donors (Lipinski definition) is 2. The second-order valence-corrected chi connectivity index (χ2v) is 6.25. The number of nitrogens with one attached hydrogen (secondary N) is 1. The first-order valence-electron chi connectivity index (χ1n) is 7.82. The summed E-state index contributed by atoms with van der Waals surface area (Å²) in [7, 11) is 0. The average molecular weight is 345 g/mol. The fraction of sp³-hybridized carbons (Fsp3) is 0.211. The van der Waals surface area contributed by atoms with Crippen molar-refractivity contribution in [3.8, 4) is 0 Å². The van der Waals surface area contributed by atoms with Crippen molar-refractivity contribution < 1.29 is 13.2 Å². The first-order chi connectivity index (χ1) is 11.7. The number of benzene rings is 2. The first-order valence-corrected chi connectivity index (χ1v) is 7.82. The molecule has 0 unspecified atom stereocenters. The SMILES string of the molecule is Cc1cc2c(N)cccc2nc1Nc1ccc(CC(C)(F)F)c(F)c1. The molecule has 0 saturated carbocycles. The zero-order valence-electron chi connectivity index (χ0n) is 13.9. The van der Waals surface area contributed by atoms with E-state index in [0.29, 0.717) is 17.2 Å². The van der Waals surface area contributed by atoms with Gasteiger partial charge in [-0.1, -0.05) is 12.1 Å². The maximum absolute atomic E-state index is 14.1. The predicted octanol–water partition coefficient (Wildman–Crippen LogP) is 5.21. The third kappa shape index (κ3) is 3.84. The van der Waals surface area contributed by atoms with Crippen LogP contribution in [0.15, 0.2) is 42.5 Å². The molecule has 0 aliphatic carbocycles. The number of nitrogens with two attached hydrogens (primary N) is 1. The highest BCUT2D eigenvalue weighted by Gasteiger charge is 2.23. The second-order valence-electron chi connectivity index (χ2n) is 6.25. The molecule has 0 amide bonds. The Morgan fingerprint density at radius 2 is 1.92 bits per heavy atom. The van der Waals surface area contributed by atoms with Gasteiger partial charge in [-0.2, -0.15) is 0 Å². The summed E-state index contributed by atoms with van der Waals surface area (Å²) in [5, 5.41) is 3.88. The van der Waals surface area contributed by atoms with Gasteiger partial charge in [-0.05, 0) is 55.3 Å². The summed E-state index contributed by atoms with van der Waals surface area (Å²) < 4.78 is 40.2. The van der Waals surface area contributed by atoms with Gasteiger partial charge in [-0.25, -0.2) is 18.2 Å². The summed E-state index contributed by atoms with van der Waals surface area (Å²) in [6.45, 7) is 2.64. The van der Waals surface area contributed by atoms with E-state index in [9.17, 15) is 13.2 Å². The number of aryl methyl sites for hydroxylation is 1. The molecule has 0 spiro atoms. The summed E-state index contributed by atoms with van der Waals surface area (Å²) >= 11 is 0. The molecule has 130 valence electrons. The molecule has 0 bridgehead atoms. The van der Waals surface area contributed by atoms with Crippen LogP contribution in [0.3, 0.4) is 0 Å². The number of alkyl halides is 2. The topological polar surface area (TPSA) is 50.9 Å². The molecule has 3 nitrogen and oxygen atoms in total. The van der Waals surface area contributed by atoms with E-state index < -0.39 is 18.2 Å². The highest BCUT2D eigenvalue weighted by Crippen LogP contribution is 2.28. The van der Waals surface area contributed by atoms with Crippen LogP contribution in [0.2, 0.25) is 0 Å². The molecule has 0 aliphatic heterocycles. The van der Waals surface area contributed by atoms with Gasteiger partial charge in [-0.3, -0.25) is 0 Å². The van der Waals surface area contributed by atoms with E-state index in [1.165, 1.54) is 12.1 Å². The highest BCUT2D eigenvalue weighted by atomic mass is 19.3. The maximum Gasteiger partial charge on any atom is 0.249 e. The maximum atomic E-state index is 14.1. The summed E-state index contributed by atoms with van der Waals surface area (Å²) in [6.07, 6.45) is -0.633. The Labute approximate surface area is 143 Å². The van der Waals surface area contributed by atoms with E-state index in [-0.39, 0.29) is 5.56 Å². The Balaban J connectivity index is 1.91. The van der Waals surface area contributed by atoms with Crippen molar-refractivity contribution in [2.75, 3.05) is 11.1 Å². The number of nitrogens with zero attached hydrogens (tertiary/aromatic N) is 1. The quantitative estimate of drug-likeness (QED) is 0.639. The average Bonchev–Trinajstić information content (AvgIpc) is 2.51. The first kappa shape index (κ1) is 17.1. The number of anilines is 3. The van der Waals surface area contributed by atoms with Crippen molar-refractivity contribution in [2.24, 2.45) is 0 Å². The van der Waals surface area contributed by atoms with Gasteiger partial charge in [0, 0.05) is 23.2 Å². The molecular formula is C19H18F3N3. The van der Waals surface area contributed by atoms with Crippen LogP contribution in [0, 0.1) is 12.7 Å². The van der Waals surface area contributed by atoms with E-state index in [0.717, 1.165) is 23.4 Å². The summed E-state index contributed by atoms with van der Waals surface area (Å²) in [5.74, 6) is -3.06. The second kappa shape index (κ2) is 6.27. The number of rotatable bonds is 4. The molecule has 1 heterocycles. The molecule has 25 heavy (non-hydrogen) atoms. The van der Waals surface area contributed by atoms with Crippen LogP contribution in [0.4, 0.5) is 30.4 Å². The van der Waals surface area contributed by atoms with Crippen LogP contribution < -0.4 is 11.1 Å². The lowest BCUT2D eigenvalue weighted by Crippen LogP contribution is -2.14. The number of nitrogen functional groups attached to an aromatic ring is 1. The largest absolute Gasteiger partial charge is 0.398 e. The minimum absolute atomic E-state index is 0.0194. The van der Waals surface area contributed by atoms with Crippen molar-refractivity contribution in [2.45, 2.75) is 26.2 Å². The number of hydrogen-bond acceptors (Lipinski definition) is 3. The summed E-state index contributed by atoms with van der Waals surface area (Å²) in [5.41, 5.74) is 8.56. The third-order valence-corrected chi connectivity index (χ3v) is 3.90. The van der Waals surface area contributed by atoms with Crippen LogP contribution in [0.5, 0.6) is 0 Å². The Hall–Kier alpha value is -2.76. The molecule has 3 aromatic rings. The van der Waals surface area contributed by atoms with Crippen LogP contribution in [-0.2, 0) is 6.42 Å². The zero-order valence-corrected chi connectivity index (χ0v) is 13.9. The minimum Gasteiger partial charge on any atom is -0.398 e. The van der Waals surface area contributed by atoms with Crippen molar-refractivity contribution in [1.82, 2.24) is 4.98 Å². The van der Waals surface area contributed by atoms with Gasteiger partial charge in [0.25, 0.3) is 0 Å². The Morgan fingerprint density at radius 1 is 1.16 bits per heavy atom. The van der Waals surface area contributed by atoms with Crippen LogP contribution in [0.25, 0.3) is 10.9 Å². The van der Waals surface area contributed by atoms with E-state index in [1.807, 2.05) is 25.1 Å². The third-order valence-electron chi connectivity index (χ3n) is 3.90. The van der Waals surface area contributed by atoms with Crippen molar-refractivity contribution in [3.05, 3.63) is 59.4 Å². The number of fused-ring (bicyclic) bond motifs is 1. The smallest absolute Gasteiger partial charge is 0.249 e. The molecule has 3 N–H and O–H groups in total. The van der Waals surface area contributed by atoms with Gasteiger partial charge in [-0.15, -0.1) is 0 Å². The fourth-order valence-corrected chi connectivity index (χ4v) is 2.68. The van der Waals surface area contributed by atoms with Gasteiger partial charge in [0.1, 0.15) is 11.6 Å². The van der Waals surface area contributed by atoms with E-state index in [4.69, 9.17) is 5.73 Å². The molecule has 2 aromatic carbocycles. The summed E-state index contributed by atoms with van der Waals surface area (Å²) in [6, 6.07) is 11.5. The standard InChI is InChI=1S/C19H18F3N3/c1-11-8-14-16(23)4-3-5-17(14)25-18(11)24-13-7-6-12(15(20)9-13)10-19(2,21)22/h3-9H,10,23H2,1-2H3,(H,24,25). The Kier molecular flexibility index (Phi) is 4.29. The predicted molar refractivity (Wildman–Crippen MR) is 94.9 cm³/mol. The van der Waals surface area contributed by atoms with Crippen LogP contribution in [-0.4, -0.2) is 10.9 Å². The molecule has 6 heteroatoms. The van der Waals surface area contributed by atoms with Gasteiger partial charge < -0.3 is 11.1 Å². The van der Waals surface area contributed by atoms with Crippen molar-refractivity contribution in [3.63, 3.8) is 0 Å². The van der Waals surface area contributed by atoms with E-state index >= 15 is 0 Å². The molecule has 0 atom stereocenters.